The van der Waals surface area contributed by atoms with E-state index in [4.69, 9.17) is 0 Å². The van der Waals surface area contributed by atoms with Gasteiger partial charge in [0.2, 0.25) is 5.91 Å². The third-order valence-corrected chi connectivity index (χ3v) is 5.57. The molecule has 1 aliphatic heterocycles. The van der Waals surface area contributed by atoms with Crippen LogP contribution in [0, 0.1) is 5.92 Å². The fraction of sp³-hybridized carbons (Fsp3) is 0.450. The van der Waals surface area contributed by atoms with Gasteiger partial charge >= 0.3 is 0 Å². The number of likely N-dealkylation sites (N-methyl/N-ethyl adjacent to an activating group) is 1. The quantitative estimate of drug-likeness (QED) is 0.892. The number of benzene rings is 1. The number of nitrogens with one attached hydrogen (secondary N) is 1. The molecule has 0 saturated heterocycles. The van der Waals surface area contributed by atoms with Crippen molar-refractivity contribution in [1.82, 2.24) is 14.8 Å². The standard InChI is InChI=1S/C20H25N3O2/c1-12(11-24)21-20(25)14-7-16-15-5-4-6-17-19(15)13(9-22(17)2)8-18(16)23(3)10-14/h4-7,9,12,14,18,24H,8,10-11H2,1-3H3,(H,21,25)/t12-,14+,18+/m0/s1. The summed E-state index contributed by atoms with van der Waals surface area (Å²) in [5, 5.41) is 13.4. The molecule has 0 unspecified atom stereocenters. The molecule has 1 amide bonds. The largest absolute Gasteiger partial charge is 0.394 e. The van der Waals surface area contributed by atoms with Gasteiger partial charge in [-0.25, -0.2) is 0 Å². The van der Waals surface area contributed by atoms with Gasteiger partial charge in [-0.3, -0.25) is 9.69 Å². The number of amides is 1. The number of carbonyl (C=O) groups is 1. The number of aromatic nitrogens is 1. The molecule has 0 fully saturated rings. The van der Waals surface area contributed by atoms with Crippen molar-refractivity contribution in [2.45, 2.75) is 25.4 Å². The smallest absolute Gasteiger partial charge is 0.228 e. The normalized spacial score (nSPS) is 23.9. The maximum absolute atomic E-state index is 12.6. The molecule has 5 nitrogen and oxygen atoms in total. The Kier molecular flexibility index (Phi) is 3.93. The van der Waals surface area contributed by atoms with Crippen LogP contribution in [-0.4, -0.2) is 52.8 Å². The van der Waals surface area contributed by atoms with E-state index in [1.54, 1.807) is 0 Å². The molecule has 3 atom stereocenters. The number of hydrogen-bond donors (Lipinski definition) is 2. The van der Waals surface area contributed by atoms with E-state index in [0.29, 0.717) is 12.6 Å². The van der Waals surface area contributed by atoms with Crippen LogP contribution in [-0.2, 0) is 18.3 Å². The van der Waals surface area contributed by atoms with Crippen molar-refractivity contribution in [3.05, 3.63) is 41.6 Å². The van der Waals surface area contributed by atoms with Gasteiger partial charge < -0.3 is 15.0 Å². The van der Waals surface area contributed by atoms with Gasteiger partial charge in [-0.15, -0.1) is 0 Å². The van der Waals surface area contributed by atoms with E-state index in [9.17, 15) is 9.90 Å². The molecule has 5 heteroatoms. The summed E-state index contributed by atoms with van der Waals surface area (Å²) in [6.45, 7) is 2.48. The van der Waals surface area contributed by atoms with Crippen molar-refractivity contribution in [1.29, 1.82) is 0 Å². The molecule has 0 radical (unpaired) electrons. The van der Waals surface area contributed by atoms with Gasteiger partial charge in [-0.2, -0.15) is 0 Å². The lowest BCUT2D eigenvalue weighted by atomic mass is 9.80. The van der Waals surface area contributed by atoms with E-state index >= 15 is 0 Å². The first-order valence-corrected chi connectivity index (χ1v) is 8.90. The van der Waals surface area contributed by atoms with E-state index in [0.717, 1.165) is 6.42 Å². The highest BCUT2D eigenvalue weighted by molar-refractivity contribution is 5.99. The summed E-state index contributed by atoms with van der Waals surface area (Å²) < 4.78 is 2.19. The van der Waals surface area contributed by atoms with Crippen LogP contribution in [0.25, 0.3) is 16.5 Å². The van der Waals surface area contributed by atoms with Crippen LogP contribution in [0.2, 0.25) is 0 Å². The first-order valence-electron chi connectivity index (χ1n) is 8.90. The van der Waals surface area contributed by atoms with Crippen molar-refractivity contribution < 1.29 is 9.90 Å². The third-order valence-electron chi connectivity index (χ3n) is 5.57. The van der Waals surface area contributed by atoms with Gasteiger partial charge in [0.1, 0.15) is 0 Å². The Morgan fingerprint density at radius 1 is 1.40 bits per heavy atom. The topological polar surface area (TPSA) is 57.5 Å². The second-order valence-electron chi connectivity index (χ2n) is 7.45. The summed E-state index contributed by atoms with van der Waals surface area (Å²) in [5.74, 6) is -0.198. The minimum absolute atomic E-state index is 0.00890. The zero-order chi connectivity index (χ0) is 17.7. The SMILES string of the molecule is C[C@@H](CO)NC(=O)[C@@H]1C=C2c3cccc4c3c(cn4C)C[C@H]2N(C)C1. The Bertz CT molecular complexity index is 867. The summed E-state index contributed by atoms with van der Waals surface area (Å²) in [4.78, 5) is 14.9. The monoisotopic (exact) mass is 339 g/mol. The molecule has 0 spiro atoms. The van der Waals surface area contributed by atoms with E-state index in [1.807, 2.05) is 6.92 Å². The molecule has 2 aromatic rings. The van der Waals surface area contributed by atoms with Crippen LogP contribution in [0.15, 0.2) is 30.5 Å². The van der Waals surface area contributed by atoms with Gasteiger partial charge in [0.05, 0.1) is 12.5 Å². The average molecular weight is 339 g/mol. The number of rotatable bonds is 3. The van der Waals surface area contributed by atoms with Crippen LogP contribution < -0.4 is 5.32 Å². The fourth-order valence-corrected chi connectivity index (χ4v) is 4.29. The van der Waals surface area contributed by atoms with Crippen LogP contribution in [0.5, 0.6) is 0 Å². The van der Waals surface area contributed by atoms with E-state index < -0.39 is 0 Å². The van der Waals surface area contributed by atoms with E-state index in [-0.39, 0.29) is 24.5 Å². The van der Waals surface area contributed by atoms with E-state index in [2.05, 4.69) is 59.4 Å². The Morgan fingerprint density at radius 3 is 2.96 bits per heavy atom. The number of aliphatic hydroxyl groups excluding tert-OH is 1. The van der Waals surface area contributed by atoms with Crippen molar-refractivity contribution in [2.24, 2.45) is 13.0 Å². The number of aliphatic hydroxyl groups is 1. The average Bonchev–Trinajstić information content (AvgIpc) is 2.93. The molecule has 1 aliphatic carbocycles. The van der Waals surface area contributed by atoms with Crippen molar-refractivity contribution >= 4 is 22.4 Å². The molecule has 1 aromatic heterocycles. The molecule has 25 heavy (non-hydrogen) atoms. The molecule has 2 aliphatic rings. The lowest BCUT2D eigenvalue weighted by Gasteiger charge is -2.39. The zero-order valence-electron chi connectivity index (χ0n) is 15.0. The molecule has 4 rings (SSSR count). The van der Waals surface area contributed by atoms with E-state index in [1.165, 1.54) is 27.6 Å². The Labute approximate surface area is 147 Å². The van der Waals surface area contributed by atoms with Crippen LogP contribution in [0.4, 0.5) is 0 Å². The highest BCUT2D eigenvalue weighted by Gasteiger charge is 2.36. The Balaban J connectivity index is 1.77. The predicted octanol–water partition coefficient (Wildman–Crippen LogP) is 1.55. The van der Waals surface area contributed by atoms with Crippen LogP contribution >= 0.6 is 0 Å². The third kappa shape index (κ3) is 2.58. The number of fused-ring (bicyclic) bond motifs is 2. The summed E-state index contributed by atoms with van der Waals surface area (Å²) in [6.07, 6.45) is 5.37. The maximum atomic E-state index is 12.6. The number of carbonyl (C=O) groups excluding carboxylic acids is 1. The number of hydrogen-bond acceptors (Lipinski definition) is 3. The summed E-state index contributed by atoms with van der Waals surface area (Å²) >= 11 is 0. The van der Waals surface area contributed by atoms with Crippen LogP contribution in [0.3, 0.4) is 0 Å². The van der Waals surface area contributed by atoms with Gasteiger partial charge in [0.15, 0.2) is 0 Å². The Morgan fingerprint density at radius 2 is 2.20 bits per heavy atom. The number of nitrogens with zero attached hydrogens (tertiary/aromatic N) is 2. The second kappa shape index (κ2) is 6.00. The molecular weight excluding hydrogens is 314 g/mol. The van der Waals surface area contributed by atoms with Gasteiger partial charge in [-0.1, -0.05) is 18.2 Å². The summed E-state index contributed by atoms with van der Waals surface area (Å²) in [6, 6.07) is 6.53. The first kappa shape index (κ1) is 16.4. The molecular formula is C20H25N3O2. The Hall–Kier alpha value is -2.11. The predicted molar refractivity (Wildman–Crippen MR) is 99.2 cm³/mol. The van der Waals surface area contributed by atoms with Crippen molar-refractivity contribution in [2.75, 3.05) is 20.2 Å². The summed E-state index contributed by atoms with van der Waals surface area (Å²) in [7, 11) is 4.19. The van der Waals surface area contributed by atoms with Gasteiger partial charge in [-0.05, 0) is 43.2 Å². The molecule has 1 aromatic carbocycles. The van der Waals surface area contributed by atoms with Gasteiger partial charge in [0, 0.05) is 42.8 Å². The minimum Gasteiger partial charge on any atom is -0.394 e. The summed E-state index contributed by atoms with van der Waals surface area (Å²) in [5.41, 5.74) is 5.15. The highest BCUT2D eigenvalue weighted by Crippen LogP contribution is 2.41. The van der Waals surface area contributed by atoms with Crippen molar-refractivity contribution in [3.8, 4) is 0 Å². The minimum atomic E-state index is -0.218. The van der Waals surface area contributed by atoms with Crippen molar-refractivity contribution in [3.63, 3.8) is 0 Å². The molecule has 132 valence electrons. The highest BCUT2D eigenvalue weighted by atomic mass is 16.3. The molecule has 0 saturated carbocycles. The maximum Gasteiger partial charge on any atom is 0.228 e. The van der Waals surface area contributed by atoms with Gasteiger partial charge in [0.25, 0.3) is 0 Å². The molecule has 2 heterocycles. The lowest BCUT2D eigenvalue weighted by Crippen LogP contribution is -2.48. The molecule has 2 N–H and O–H groups in total. The lowest BCUT2D eigenvalue weighted by molar-refractivity contribution is -0.125. The fourth-order valence-electron chi connectivity index (χ4n) is 4.29. The first-order chi connectivity index (χ1) is 12.0. The second-order valence-corrected chi connectivity index (χ2v) is 7.45. The van der Waals surface area contributed by atoms with Crippen LogP contribution in [0.1, 0.15) is 18.1 Å². The number of aryl methyl sites for hydroxylation is 1. The zero-order valence-corrected chi connectivity index (χ0v) is 15.0. The molecule has 0 bridgehead atoms.